The number of anilines is 1. The Morgan fingerprint density at radius 2 is 2.21 bits per heavy atom. The lowest BCUT2D eigenvalue weighted by Crippen LogP contribution is -2.13. The highest BCUT2D eigenvalue weighted by atomic mass is 32.2. The third kappa shape index (κ3) is 4.18. The molecule has 0 spiro atoms. The lowest BCUT2D eigenvalue weighted by molar-refractivity contribution is -0.113. The van der Waals surface area contributed by atoms with E-state index in [-0.39, 0.29) is 11.7 Å². The van der Waals surface area contributed by atoms with E-state index in [1.165, 1.54) is 34.9 Å². The summed E-state index contributed by atoms with van der Waals surface area (Å²) in [5, 5.41) is 18.9. The molecule has 0 fully saturated rings. The van der Waals surface area contributed by atoms with E-state index in [1.54, 1.807) is 0 Å². The number of hydrogen-bond donors (Lipinski definition) is 1. The van der Waals surface area contributed by atoms with Crippen LogP contribution in [0.25, 0.3) is 0 Å². The van der Waals surface area contributed by atoms with Crippen LogP contribution < -0.4 is 5.32 Å². The lowest BCUT2D eigenvalue weighted by Gasteiger charge is -1.97. The molecule has 0 atom stereocenters. The summed E-state index contributed by atoms with van der Waals surface area (Å²) in [6.07, 6.45) is 2.59. The van der Waals surface area contributed by atoms with Gasteiger partial charge < -0.3 is 4.42 Å². The topological polar surface area (TPSA) is 93.8 Å². The molecule has 0 bridgehead atoms. The average Bonchev–Trinajstić information content (AvgIpc) is 3.04. The second-order valence-electron chi connectivity index (χ2n) is 3.23. The summed E-state index contributed by atoms with van der Waals surface area (Å²) in [4.78, 5) is 11.7. The fourth-order valence-electron chi connectivity index (χ4n) is 1.06. The first-order valence-corrected chi connectivity index (χ1v) is 8.36. The highest BCUT2D eigenvalue weighted by Gasteiger charge is 2.11. The number of thioether (sulfide) groups is 2. The summed E-state index contributed by atoms with van der Waals surface area (Å²) >= 11 is 4.02. The third-order valence-corrected chi connectivity index (χ3v) is 4.54. The Balaban J connectivity index is 1.81. The van der Waals surface area contributed by atoms with Gasteiger partial charge in [0.1, 0.15) is 0 Å². The van der Waals surface area contributed by atoms with Gasteiger partial charge in [0.25, 0.3) is 5.22 Å². The van der Waals surface area contributed by atoms with E-state index in [0.29, 0.717) is 22.7 Å². The Bertz CT molecular complexity index is 556. The van der Waals surface area contributed by atoms with Crippen LogP contribution in [-0.4, -0.2) is 38.3 Å². The quantitative estimate of drug-likeness (QED) is 0.638. The van der Waals surface area contributed by atoms with Crippen molar-refractivity contribution in [1.82, 2.24) is 20.4 Å². The molecule has 0 aliphatic carbocycles. The van der Waals surface area contributed by atoms with Crippen LogP contribution in [0.1, 0.15) is 12.8 Å². The first-order chi connectivity index (χ1) is 9.21. The summed E-state index contributed by atoms with van der Waals surface area (Å²) in [6.45, 7) is 1.92. The Hall–Kier alpha value is -1.13. The molecule has 10 heteroatoms. The molecule has 1 amide bonds. The number of nitrogens with zero attached hydrogens (tertiary/aromatic N) is 4. The van der Waals surface area contributed by atoms with Crippen LogP contribution in [0.15, 0.2) is 14.0 Å². The predicted molar refractivity (Wildman–Crippen MR) is 74.7 cm³/mol. The molecule has 0 aromatic carbocycles. The predicted octanol–water partition coefficient (Wildman–Crippen LogP) is 1.94. The van der Waals surface area contributed by atoms with Crippen molar-refractivity contribution < 1.29 is 9.21 Å². The van der Waals surface area contributed by atoms with E-state index in [4.69, 9.17) is 4.42 Å². The number of rotatable bonds is 6. The van der Waals surface area contributed by atoms with E-state index in [2.05, 4.69) is 25.7 Å². The van der Waals surface area contributed by atoms with E-state index in [1.807, 2.05) is 13.2 Å². The van der Waals surface area contributed by atoms with E-state index < -0.39 is 0 Å². The molecule has 102 valence electrons. The SMILES string of the molecule is CCc1nnc(SCC(=O)Nc2nnc(SC)s2)o1. The van der Waals surface area contributed by atoms with Gasteiger partial charge in [-0.3, -0.25) is 10.1 Å². The van der Waals surface area contributed by atoms with Gasteiger partial charge in [0.2, 0.25) is 16.9 Å². The van der Waals surface area contributed by atoms with Crippen molar-refractivity contribution in [2.45, 2.75) is 22.9 Å². The van der Waals surface area contributed by atoms with Gasteiger partial charge in [-0.05, 0) is 6.26 Å². The summed E-state index contributed by atoms with van der Waals surface area (Å²) in [7, 11) is 0. The lowest BCUT2D eigenvalue weighted by atomic mass is 10.5. The zero-order chi connectivity index (χ0) is 13.7. The van der Waals surface area contributed by atoms with Gasteiger partial charge in [-0.25, -0.2) is 0 Å². The molecule has 0 aliphatic rings. The second-order valence-corrected chi connectivity index (χ2v) is 6.19. The van der Waals surface area contributed by atoms with Crippen LogP contribution in [0.2, 0.25) is 0 Å². The Kier molecular flexibility index (Phi) is 5.16. The molecule has 0 unspecified atom stereocenters. The van der Waals surface area contributed by atoms with Gasteiger partial charge in [0, 0.05) is 6.42 Å². The summed E-state index contributed by atoms with van der Waals surface area (Å²) in [6, 6.07) is 0. The highest BCUT2D eigenvalue weighted by molar-refractivity contribution is 8.00. The zero-order valence-corrected chi connectivity index (χ0v) is 12.7. The van der Waals surface area contributed by atoms with Crippen LogP contribution in [0, 0.1) is 0 Å². The molecule has 2 heterocycles. The second kappa shape index (κ2) is 6.87. The Labute approximate surface area is 122 Å². The molecular formula is C9H11N5O2S3. The smallest absolute Gasteiger partial charge is 0.277 e. The van der Waals surface area contributed by atoms with Gasteiger partial charge in [0.15, 0.2) is 4.34 Å². The number of aromatic nitrogens is 4. The van der Waals surface area contributed by atoms with E-state index in [0.717, 1.165) is 4.34 Å². The van der Waals surface area contributed by atoms with Gasteiger partial charge in [0.05, 0.1) is 5.75 Å². The van der Waals surface area contributed by atoms with Crippen molar-refractivity contribution in [3.63, 3.8) is 0 Å². The minimum Gasteiger partial charge on any atom is -0.416 e. The number of amides is 1. The summed E-state index contributed by atoms with van der Waals surface area (Å²) < 4.78 is 6.10. The number of nitrogens with one attached hydrogen (secondary N) is 1. The molecule has 0 aliphatic heterocycles. The number of carbonyl (C=O) groups excluding carboxylic acids is 1. The molecule has 0 saturated heterocycles. The van der Waals surface area contributed by atoms with Gasteiger partial charge >= 0.3 is 0 Å². The van der Waals surface area contributed by atoms with Crippen LogP contribution >= 0.6 is 34.9 Å². The standard InChI is InChI=1S/C9H11N5O2S3/c1-3-6-11-13-8(16-6)18-4-5(15)10-7-12-14-9(17-2)19-7/h3-4H2,1-2H3,(H,10,12,15). The molecule has 2 rings (SSSR count). The molecule has 19 heavy (non-hydrogen) atoms. The third-order valence-electron chi connectivity index (χ3n) is 1.90. The zero-order valence-electron chi connectivity index (χ0n) is 10.2. The maximum atomic E-state index is 11.7. The van der Waals surface area contributed by atoms with Crippen molar-refractivity contribution in [3.05, 3.63) is 5.89 Å². The molecular weight excluding hydrogens is 306 g/mol. The number of carbonyl (C=O) groups is 1. The minimum atomic E-state index is -0.176. The molecule has 0 saturated carbocycles. The fraction of sp³-hybridized carbons (Fsp3) is 0.444. The Morgan fingerprint density at radius 3 is 2.84 bits per heavy atom. The molecule has 2 aromatic rings. The first kappa shape index (κ1) is 14.3. The monoisotopic (exact) mass is 317 g/mol. The van der Waals surface area contributed by atoms with Crippen molar-refractivity contribution in [3.8, 4) is 0 Å². The molecule has 2 aromatic heterocycles. The molecule has 7 nitrogen and oxygen atoms in total. The molecule has 1 N–H and O–H groups in total. The van der Waals surface area contributed by atoms with Gasteiger partial charge in [-0.15, -0.1) is 20.4 Å². The maximum absolute atomic E-state index is 11.7. The van der Waals surface area contributed by atoms with Crippen LogP contribution in [0.4, 0.5) is 5.13 Å². The average molecular weight is 317 g/mol. The van der Waals surface area contributed by atoms with Crippen LogP contribution in [0.3, 0.4) is 0 Å². The molecule has 0 radical (unpaired) electrons. The summed E-state index contributed by atoms with van der Waals surface area (Å²) in [5.74, 6) is 0.584. The van der Waals surface area contributed by atoms with E-state index in [9.17, 15) is 4.79 Å². The normalized spacial score (nSPS) is 10.6. The van der Waals surface area contributed by atoms with Gasteiger partial charge in [-0.1, -0.05) is 41.8 Å². The first-order valence-electron chi connectivity index (χ1n) is 5.33. The Morgan fingerprint density at radius 1 is 1.37 bits per heavy atom. The summed E-state index contributed by atoms with van der Waals surface area (Å²) in [5.41, 5.74) is 0. The van der Waals surface area contributed by atoms with Crippen molar-refractivity contribution >= 4 is 45.9 Å². The van der Waals surface area contributed by atoms with Crippen molar-refractivity contribution in [1.29, 1.82) is 0 Å². The number of hydrogen-bond acceptors (Lipinski definition) is 9. The van der Waals surface area contributed by atoms with Crippen LogP contribution in [-0.2, 0) is 11.2 Å². The highest BCUT2D eigenvalue weighted by Crippen LogP contribution is 2.23. The van der Waals surface area contributed by atoms with E-state index >= 15 is 0 Å². The van der Waals surface area contributed by atoms with Crippen molar-refractivity contribution in [2.24, 2.45) is 0 Å². The number of aryl methyl sites for hydroxylation is 1. The van der Waals surface area contributed by atoms with Crippen LogP contribution in [0.5, 0.6) is 0 Å². The minimum absolute atomic E-state index is 0.176. The fourth-order valence-corrected chi connectivity index (χ4v) is 2.83. The maximum Gasteiger partial charge on any atom is 0.277 e. The largest absolute Gasteiger partial charge is 0.416 e. The van der Waals surface area contributed by atoms with Crippen molar-refractivity contribution in [2.75, 3.05) is 17.3 Å². The van der Waals surface area contributed by atoms with Gasteiger partial charge in [-0.2, -0.15) is 0 Å².